The zero-order valence-electron chi connectivity index (χ0n) is 15.5. The third-order valence-electron chi connectivity index (χ3n) is 5.02. The van der Waals surface area contributed by atoms with Gasteiger partial charge in [-0.25, -0.2) is 0 Å². The molecule has 3 aromatic rings. The minimum atomic E-state index is -4.55. The molecule has 10 heteroatoms. The molecule has 152 valence electrons. The molecule has 0 aliphatic carbocycles. The number of nitrogens with zero attached hydrogens (tertiary/aromatic N) is 3. The van der Waals surface area contributed by atoms with E-state index in [0.717, 1.165) is 12.4 Å². The van der Waals surface area contributed by atoms with E-state index in [1.165, 1.54) is 0 Å². The molecule has 0 saturated heterocycles. The summed E-state index contributed by atoms with van der Waals surface area (Å²) in [5.74, 6) is -1.11. The number of aromatic amines is 1. The molecule has 7 nitrogen and oxygen atoms in total. The Morgan fingerprint density at radius 3 is 2.83 bits per heavy atom. The smallest absolute Gasteiger partial charge is 0.339 e. The Bertz CT molecular complexity index is 1050. The Balaban J connectivity index is 1.54. The van der Waals surface area contributed by atoms with Crippen molar-refractivity contribution in [1.82, 2.24) is 24.8 Å². The summed E-state index contributed by atoms with van der Waals surface area (Å²) in [6.45, 7) is 1.37. The zero-order chi connectivity index (χ0) is 20.8. The van der Waals surface area contributed by atoms with Gasteiger partial charge in [-0.3, -0.25) is 14.7 Å². The fraction of sp³-hybridized carbons (Fsp3) is 0.316. The Morgan fingerprint density at radius 1 is 1.31 bits per heavy atom. The second-order valence-corrected chi connectivity index (χ2v) is 7.00. The number of carbonyl (C=O) groups excluding carboxylic acids is 2. The number of halogens is 3. The van der Waals surface area contributed by atoms with Crippen molar-refractivity contribution in [2.24, 2.45) is 0 Å². The van der Waals surface area contributed by atoms with Gasteiger partial charge in [0.05, 0.1) is 17.8 Å². The third kappa shape index (κ3) is 3.57. The van der Waals surface area contributed by atoms with Gasteiger partial charge in [-0.1, -0.05) is 6.07 Å². The molecule has 2 N–H and O–H groups in total. The summed E-state index contributed by atoms with van der Waals surface area (Å²) in [5, 5.41) is 8.49. The van der Waals surface area contributed by atoms with Crippen LogP contribution >= 0.6 is 0 Å². The van der Waals surface area contributed by atoms with E-state index in [4.69, 9.17) is 0 Å². The Hall–Kier alpha value is -3.30. The molecule has 0 spiro atoms. The number of fused-ring (bicyclic) bond motifs is 2. The van der Waals surface area contributed by atoms with Crippen LogP contribution < -0.4 is 5.32 Å². The van der Waals surface area contributed by atoms with Gasteiger partial charge in [0.2, 0.25) is 0 Å². The molecule has 0 radical (unpaired) electrons. The van der Waals surface area contributed by atoms with Crippen molar-refractivity contribution in [3.05, 3.63) is 59.2 Å². The molecule has 4 rings (SSSR count). The van der Waals surface area contributed by atoms with Gasteiger partial charge < -0.3 is 14.6 Å². The first-order valence-corrected chi connectivity index (χ1v) is 9.03. The van der Waals surface area contributed by atoms with Crippen molar-refractivity contribution in [3.63, 3.8) is 0 Å². The molecule has 0 fully saturated rings. The predicted octanol–water partition coefficient (Wildman–Crippen LogP) is 2.54. The lowest BCUT2D eigenvalue weighted by atomic mass is 10.0. The highest BCUT2D eigenvalue weighted by atomic mass is 19.4. The standard InChI is InChI=1S/C19H18F3N5O2/c1-11(19(20,21)22)23-17(28)16-14-10-27(7-5-15(14)24-25-16)18(29)12-8-13-4-2-3-6-26(13)9-12/h2-4,6,8-9,11H,5,7,10H2,1H3,(H,23,28)(H,24,25)/t11-/m1/s1. The van der Waals surface area contributed by atoms with Crippen molar-refractivity contribution < 1.29 is 22.8 Å². The lowest BCUT2D eigenvalue weighted by molar-refractivity contribution is -0.149. The number of carbonyl (C=O) groups is 2. The number of H-pyrrole nitrogens is 1. The second kappa shape index (κ2) is 6.94. The molecule has 0 bridgehead atoms. The van der Waals surface area contributed by atoms with Crippen LogP contribution in [-0.4, -0.2) is 50.1 Å². The molecule has 4 heterocycles. The fourth-order valence-electron chi connectivity index (χ4n) is 3.36. The van der Waals surface area contributed by atoms with Crippen molar-refractivity contribution in [2.45, 2.75) is 32.1 Å². The number of nitrogens with one attached hydrogen (secondary N) is 2. The first-order chi connectivity index (χ1) is 13.7. The molecular weight excluding hydrogens is 387 g/mol. The number of hydrogen-bond donors (Lipinski definition) is 2. The highest BCUT2D eigenvalue weighted by Gasteiger charge is 2.38. The largest absolute Gasteiger partial charge is 0.408 e. The average Bonchev–Trinajstić information content (AvgIpc) is 3.30. The Morgan fingerprint density at radius 2 is 2.10 bits per heavy atom. The maximum atomic E-state index is 12.9. The molecular formula is C19H18F3N5O2. The first kappa shape index (κ1) is 19.0. The van der Waals surface area contributed by atoms with Gasteiger partial charge in [0.1, 0.15) is 11.7 Å². The summed E-state index contributed by atoms with van der Waals surface area (Å²) in [6, 6.07) is 5.38. The maximum absolute atomic E-state index is 12.9. The Labute approximate surface area is 163 Å². The van der Waals surface area contributed by atoms with Crippen molar-refractivity contribution in [2.75, 3.05) is 6.54 Å². The fourth-order valence-corrected chi connectivity index (χ4v) is 3.36. The highest BCUT2D eigenvalue weighted by molar-refractivity contribution is 5.97. The first-order valence-electron chi connectivity index (χ1n) is 9.03. The molecule has 1 aliphatic rings. The number of amides is 2. The molecule has 3 aromatic heterocycles. The molecule has 0 unspecified atom stereocenters. The van der Waals surface area contributed by atoms with E-state index in [-0.39, 0.29) is 18.1 Å². The van der Waals surface area contributed by atoms with Crippen LogP contribution in [0.15, 0.2) is 36.7 Å². The summed E-state index contributed by atoms with van der Waals surface area (Å²) in [6.07, 6.45) is -0.579. The van der Waals surface area contributed by atoms with Gasteiger partial charge in [0.15, 0.2) is 0 Å². The average molecular weight is 405 g/mol. The van der Waals surface area contributed by atoms with Crippen LogP contribution in [0.5, 0.6) is 0 Å². The molecule has 0 saturated carbocycles. The lowest BCUT2D eigenvalue weighted by Crippen LogP contribution is -2.44. The lowest BCUT2D eigenvalue weighted by Gasteiger charge is -2.26. The number of pyridine rings is 1. The molecule has 29 heavy (non-hydrogen) atoms. The molecule has 1 atom stereocenters. The van der Waals surface area contributed by atoms with Gasteiger partial charge in [-0.2, -0.15) is 18.3 Å². The van der Waals surface area contributed by atoms with Crippen LogP contribution in [0.3, 0.4) is 0 Å². The molecule has 1 aliphatic heterocycles. The summed E-state index contributed by atoms with van der Waals surface area (Å²) in [7, 11) is 0. The van der Waals surface area contributed by atoms with E-state index in [1.54, 1.807) is 17.2 Å². The van der Waals surface area contributed by atoms with E-state index < -0.39 is 18.1 Å². The van der Waals surface area contributed by atoms with E-state index in [0.29, 0.717) is 29.8 Å². The zero-order valence-corrected chi connectivity index (χ0v) is 15.5. The number of aromatic nitrogens is 3. The maximum Gasteiger partial charge on any atom is 0.408 e. The highest BCUT2D eigenvalue weighted by Crippen LogP contribution is 2.24. The minimum Gasteiger partial charge on any atom is -0.339 e. The number of alkyl halides is 3. The van der Waals surface area contributed by atoms with Crippen LogP contribution in [0.4, 0.5) is 13.2 Å². The summed E-state index contributed by atoms with van der Waals surface area (Å²) < 4.78 is 40.0. The van der Waals surface area contributed by atoms with E-state index in [2.05, 4.69) is 10.2 Å². The van der Waals surface area contributed by atoms with E-state index in [1.807, 2.05) is 34.1 Å². The van der Waals surface area contributed by atoms with Crippen molar-refractivity contribution in [3.8, 4) is 0 Å². The molecule has 2 amide bonds. The minimum absolute atomic E-state index is 0.0457. The second-order valence-electron chi connectivity index (χ2n) is 7.00. The quantitative estimate of drug-likeness (QED) is 0.703. The number of rotatable bonds is 3. The monoisotopic (exact) mass is 405 g/mol. The summed E-state index contributed by atoms with van der Waals surface area (Å²) in [5.41, 5.74) is 2.36. The van der Waals surface area contributed by atoms with Crippen LogP contribution in [0.1, 0.15) is 39.0 Å². The summed E-state index contributed by atoms with van der Waals surface area (Å²) >= 11 is 0. The van der Waals surface area contributed by atoms with Crippen LogP contribution in [0.25, 0.3) is 5.52 Å². The topological polar surface area (TPSA) is 82.5 Å². The van der Waals surface area contributed by atoms with Gasteiger partial charge in [-0.05, 0) is 25.1 Å². The Kier molecular flexibility index (Phi) is 4.56. The van der Waals surface area contributed by atoms with E-state index >= 15 is 0 Å². The van der Waals surface area contributed by atoms with Crippen molar-refractivity contribution >= 4 is 17.3 Å². The van der Waals surface area contributed by atoms with Gasteiger partial charge in [-0.15, -0.1) is 0 Å². The van der Waals surface area contributed by atoms with Gasteiger partial charge >= 0.3 is 6.18 Å². The third-order valence-corrected chi connectivity index (χ3v) is 5.02. The summed E-state index contributed by atoms with van der Waals surface area (Å²) in [4.78, 5) is 26.8. The van der Waals surface area contributed by atoms with Crippen LogP contribution in [0.2, 0.25) is 0 Å². The van der Waals surface area contributed by atoms with Gasteiger partial charge in [0.25, 0.3) is 11.8 Å². The normalized spacial score (nSPS) is 15.2. The number of hydrogen-bond acceptors (Lipinski definition) is 3. The van der Waals surface area contributed by atoms with E-state index in [9.17, 15) is 22.8 Å². The predicted molar refractivity (Wildman–Crippen MR) is 97.4 cm³/mol. The SMILES string of the molecule is C[C@@H](NC(=O)c1[nH]nc2c1CN(C(=O)c1cc3ccccn3c1)CC2)C(F)(F)F. The van der Waals surface area contributed by atoms with Crippen LogP contribution in [0, 0.1) is 0 Å². The van der Waals surface area contributed by atoms with Crippen molar-refractivity contribution in [1.29, 1.82) is 0 Å². The van der Waals surface area contributed by atoms with Gasteiger partial charge in [0, 0.05) is 36.4 Å². The van der Waals surface area contributed by atoms with Crippen LogP contribution in [-0.2, 0) is 13.0 Å². The molecule has 0 aromatic carbocycles.